The number of aromatic nitrogens is 4. The van der Waals surface area contributed by atoms with Crippen LogP contribution in [0.2, 0.25) is 10.0 Å². The van der Waals surface area contributed by atoms with Gasteiger partial charge in [0.1, 0.15) is 11.8 Å². The highest BCUT2D eigenvalue weighted by Crippen LogP contribution is 2.38. The largest absolute Gasteiger partial charge is 0.453 e. The molecule has 0 aliphatic carbocycles. The fraction of sp³-hybridized carbons (Fsp3) is 0.0870. The Labute approximate surface area is 214 Å². The van der Waals surface area contributed by atoms with Crippen LogP contribution >= 0.6 is 23.2 Å². The van der Waals surface area contributed by atoms with E-state index in [1.807, 2.05) is 4.98 Å². The summed E-state index contributed by atoms with van der Waals surface area (Å²) in [6.45, 7) is -0.164. The van der Waals surface area contributed by atoms with Crippen molar-refractivity contribution in [3.8, 4) is 23.3 Å². The quantitative estimate of drug-likeness (QED) is 0.399. The fourth-order valence-corrected chi connectivity index (χ4v) is 3.82. The SMILES string of the molecule is N#Cc1nn(-c2cc(Cl)c(Oc3ccc(=O)n(Cc4cccc(C(F)(F)F)c4)c3)c(Cl)c2)c(=O)[nH]c1=O. The number of hydrogen-bond acceptors (Lipinski definition) is 6. The first-order chi connectivity index (χ1) is 17.5. The molecule has 0 bridgehead atoms. The number of nitrogens with one attached hydrogen (secondary N) is 1. The third kappa shape index (κ3) is 5.58. The maximum Gasteiger partial charge on any atom is 0.416 e. The van der Waals surface area contributed by atoms with Gasteiger partial charge >= 0.3 is 11.9 Å². The molecule has 9 nitrogen and oxygen atoms in total. The number of ether oxygens (including phenoxy) is 1. The third-order valence-electron chi connectivity index (χ3n) is 4.94. The van der Waals surface area contributed by atoms with Gasteiger partial charge < -0.3 is 9.30 Å². The van der Waals surface area contributed by atoms with Crippen LogP contribution in [0.1, 0.15) is 16.8 Å². The van der Waals surface area contributed by atoms with Crippen molar-refractivity contribution >= 4 is 23.2 Å². The number of benzene rings is 2. The van der Waals surface area contributed by atoms with Crippen LogP contribution < -0.4 is 21.5 Å². The number of nitrogens with zero attached hydrogens (tertiary/aromatic N) is 4. The van der Waals surface area contributed by atoms with Crippen LogP contribution in [0.5, 0.6) is 11.5 Å². The lowest BCUT2D eigenvalue weighted by atomic mass is 10.1. The van der Waals surface area contributed by atoms with Gasteiger partial charge in [-0.1, -0.05) is 35.3 Å². The van der Waals surface area contributed by atoms with Crippen LogP contribution in [0.15, 0.2) is 69.1 Å². The van der Waals surface area contributed by atoms with Crippen molar-refractivity contribution in [2.45, 2.75) is 12.7 Å². The van der Waals surface area contributed by atoms with E-state index in [0.717, 1.165) is 27.4 Å². The summed E-state index contributed by atoms with van der Waals surface area (Å²) >= 11 is 12.6. The van der Waals surface area contributed by atoms with Gasteiger partial charge in [0.15, 0.2) is 5.75 Å². The molecule has 1 N–H and O–H groups in total. The second-order valence-corrected chi connectivity index (χ2v) is 8.32. The highest BCUT2D eigenvalue weighted by Gasteiger charge is 2.30. The summed E-state index contributed by atoms with van der Waals surface area (Å²) in [4.78, 5) is 37.9. The standard InChI is InChI=1S/C23H12Cl2F3N5O4/c24-16-7-14(33-22(36)30-21(35)18(9-29)31-33)8-17(25)20(16)37-15-4-5-19(34)32(11-15)10-12-2-1-3-13(6-12)23(26,27)28/h1-8,11H,10H2,(H,30,35,36). The van der Waals surface area contributed by atoms with E-state index in [0.29, 0.717) is 0 Å². The van der Waals surface area contributed by atoms with Crippen molar-refractivity contribution in [1.82, 2.24) is 19.3 Å². The second kappa shape index (κ2) is 9.96. The summed E-state index contributed by atoms with van der Waals surface area (Å²) < 4.78 is 46.6. The lowest BCUT2D eigenvalue weighted by molar-refractivity contribution is -0.137. The van der Waals surface area contributed by atoms with Crippen molar-refractivity contribution in [2.24, 2.45) is 0 Å². The van der Waals surface area contributed by atoms with Gasteiger partial charge in [0.2, 0.25) is 5.69 Å². The van der Waals surface area contributed by atoms with Crippen molar-refractivity contribution in [1.29, 1.82) is 5.26 Å². The van der Waals surface area contributed by atoms with E-state index >= 15 is 0 Å². The molecule has 14 heteroatoms. The van der Waals surface area contributed by atoms with Crippen molar-refractivity contribution in [2.75, 3.05) is 0 Å². The molecule has 0 atom stereocenters. The topological polar surface area (TPSA) is 123 Å². The zero-order valence-corrected chi connectivity index (χ0v) is 19.7. The van der Waals surface area contributed by atoms with E-state index in [1.165, 1.54) is 36.5 Å². The fourth-order valence-electron chi connectivity index (χ4n) is 3.27. The number of hydrogen-bond donors (Lipinski definition) is 1. The number of halogens is 5. The number of nitriles is 1. The molecule has 0 amide bonds. The molecule has 2 aromatic heterocycles. The average molecular weight is 550 g/mol. The van der Waals surface area contributed by atoms with Crippen LogP contribution in [0.3, 0.4) is 0 Å². The van der Waals surface area contributed by atoms with E-state index in [9.17, 15) is 27.6 Å². The van der Waals surface area contributed by atoms with Gasteiger partial charge in [-0.2, -0.15) is 23.1 Å². The summed E-state index contributed by atoms with van der Waals surface area (Å²) in [6.07, 6.45) is -3.26. The molecule has 0 spiro atoms. The molecule has 0 aliphatic heterocycles. The minimum atomic E-state index is -4.53. The zero-order valence-electron chi connectivity index (χ0n) is 18.2. The maximum atomic E-state index is 13.0. The number of pyridine rings is 1. The Morgan fingerprint density at radius 1 is 1.05 bits per heavy atom. The number of H-pyrrole nitrogens is 1. The van der Waals surface area contributed by atoms with Gasteiger partial charge in [0.25, 0.3) is 11.1 Å². The Hall–Kier alpha value is -4.34. The van der Waals surface area contributed by atoms with E-state index in [1.54, 1.807) is 6.07 Å². The van der Waals surface area contributed by atoms with E-state index in [-0.39, 0.29) is 39.3 Å². The van der Waals surface area contributed by atoms with Crippen LogP contribution in [-0.4, -0.2) is 19.3 Å². The smallest absolute Gasteiger partial charge is 0.416 e. The highest BCUT2D eigenvalue weighted by molar-refractivity contribution is 6.37. The first kappa shape index (κ1) is 25.7. The molecule has 4 aromatic rings. The molecule has 188 valence electrons. The summed E-state index contributed by atoms with van der Waals surface area (Å²) in [5.41, 5.74) is -3.53. The van der Waals surface area contributed by atoms with E-state index < -0.39 is 34.2 Å². The van der Waals surface area contributed by atoms with Crippen molar-refractivity contribution < 1.29 is 17.9 Å². The van der Waals surface area contributed by atoms with Crippen molar-refractivity contribution in [3.05, 3.63) is 113 Å². The third-order valence-corrected chi connectivity index (χ3v) is 5.51. The van der Waals surface area contributed by atoms with Crippen LogP contribution in [0, 0.1) is 11.3 Å². The lowest BCUT2D eigenvalue weighted by Gasteiger charge is -2.14. The molecule has 4 rings (SSSR count). The van der Waals surface area contributed by atoms with Gasteiger partial charge in [-0.15, -0.1) is 5.10 Å². The first-order valence-corrected chi connectivity index (χ1v) is 10.9. The molecule has 0 aliphatic rings. The molecule has 0 radical (unpaired) electrons. The molecular weight excluding hydrogens is 538 g/mol. The highest BCUT2D eigenvalue weighted by atomic mass is 35.5. The molecule has 2 heterocycles. The minimum absolute atomic E-state index is 0.0228. The molecule has 0 saturated heterocycles. The van der Waals surface area contributed by atoms with E-state index in [2.05, 4.69) is 5.10 Å². The van der Waals surface area contributed by atoms with Gasteiger partial charge in [0, 0.05) is 6.07 Å². The Bertz CT molecular complexity index is 1720. The maximum absolute atomic E-state index is 13.0. The number of aromatic amines is 1. The van der Waals surface area contributed by atoms with Crippen molar-refractivity contribution in [3.63, 3.8) is 0 Å². The Kier molecular flexibility index (Phi) is 6.93. The molecule has 0 fully saturated rings. The summed E-state index contributed by atoms with van der Waals surface area (Å²) in [5.74, 6) is 0.0311. The lowest BCUT2D eigenvalue weighted by Crippen LogP contribution is -2.33. The van der Waals surface area contributed by atoms with Gasteiger partial charge in [-0.3, -0.25) is 14.6 Å². The Morgan fingerprint density at radius 2 is 1.76 bits per heavy atom. The summed E-state index contributed by atoms with van der Waals surface area (Å²) in [7, 11) is 0. The van der Waals surface area contributed by atoms with Gasteiger partial charge in [-0.25, -0.2) is 4.79 Å². The normalized spacial score (nSPS) is 11.2. The molecule has 0 unspecified atom stereocenters. The number of rotatable bonds is 5. The van der Waals surface area contributed by atoms with Crippen LogP contribution in [0.25, 0.3) is 5.69 Å². The zero-order chi connectivity index (χ0) is 26.9. The molecule has 0 saturated carbocycles. The predicted octanol–water partition coefficient (Wildman–Crippen LogP) is 4.12. The average Bonchev–Trinajstić information content (AvgIpc) is 2.83. The molecule has 37 heavy (non-hydrogen) atoms. The first-order valence-electron chi connectivity index (χ1n) is 10.1. The minimum Gasteiger partial charge on any atom is -0.453 e. The Morgan fingerprint density at radius 3 is 2.41 bits per heavy atom. The summed E-state index contributed by atoms with van der Waals surface area (Å²) in [5, 5.41) is 12.5. The van der Waals surface area contributed by atoms with Crippen LogP contribution in [0.4, 0.5) is 13.2 Å². The van der Waals surface area contributed by atoms with Crippen LogP contribution in [-0.2, 0) is 12.7 Å². The van der Waals surface area contributed by atoms with Gasteiger partial charge in [-0.05, 0) is 35.9 Å². The predicted molar refractivity (Wildman–Crippen MR) is 127 cm³/mol. The monoisotopic (exact) mass is 549 g/mol. The second-order valence-electron chi connectivity index (χ2n) is 7.50. The van der Waals surface area contributed by atoms with E-state index in [4.69, 9.17) is 33.2 Å². The number of alkyl halides is 3. The molecular formula is C23H12Cl2F3N5O4. The summed E-state index contributed by atoms with van der Waals surface area (Å²) in [6, 6.07) is 11.1. The van der Waals surface area contributed by atoms with Gasteiger partial charge in [0.05, 0.1) is 34.0 Å². The molecule has 2 aromatic carbocycles. The Balaban J connectivity index is 1.65.